The third kappa shape index (κ3) is 2.89. The number of hydrogen-bond donors (Lipinski definition) is 0. The van der Waals surface area contributed by atoms with Gasteiger partial charge < -0.3 is 4.74 Å². The molecule has 0 saturated heterocycles. The Kier molecular flexibility index (Phi) is 4.41. The second-order valence-electron chi connectivity index (χ2n) is 3.41. The van der Waals surface area contributed by atoms with Crippen molar-refractivity contribution in [2.75, 3.05) is 6.61 Å². The Balaban J connectivity index is 2.60. The van der Waals surface area contributed by atoms with Crippen molar-refractivity contribution in [3.63, 3.8) is 0 Å². The third-order valence-electron chi connectivity index (χ3n) is 2.23. The average Bonchev–Trinajstić information content (AvgIpc) is 2.70. The summed E-state index contributed by atoms with van der Waals surface area (Å²) >= 11 is 3.54. The molecule has 102 valence electrons. The van der Waals surface area contributed by atoms with E-state index in [9.17, 15) is 13.6 Å². The van der Waals surface area contributed by atoms with Crippen molar-refractivity contribution in [3.8, 4) is 0 Å². The summed E-state index contributed by atoms with van der Waals surface area (Å²) in [6, 6.07) is 3.39. The second-order valence-corrected chi connectivity index (χ2v) is 5.25. The number of ether oxygens (including phenoxy) is 1. The summed E-state index contributed by atoms with van der Waals surface area (Å²) in [4.78, 5) is 15.8. The minimum Gasteiger partial charge on any atom is -0.461 e. The van der Waals surface area contributed by atoms with E-state index < -0.39 is 11.7 Å². The molecule has 19 heavy (non-hydrogen) atoms. The lowest BCUT2D eigenvalue weighted by atomic mass is 10.5. The van der Waals surface area contributed by atoms with E-state index in [0.717, 1.165) is 0 Å². The SMILES string of the molecule is CCOC(=O)c1nc2c(Br)cccn2c1SC(F)F. The topological polar surface area (TPSA) is 43.6 Å². The molecule has 0 amide bonds. The first-order chi connectivity index (χ1) is 9.04. The zero-order valence-corrected chi connectivity index (χ0v) is 12.2. The van der Waals surface area contributed by atoms with Gasteiger partial charge in [0.05, 0.1) is 11.1 Å². The molecule has 0 spiro atoms. The molecule has 0 aromatic carbocycles. The van der Waals surface area contributed by atoms with Gasteiger partial charge in [-0.1, -0.05) is 0 Å². The maximum absolute atomic E-state index is 12.6. The molecular weight excluding hydrogens is 342 g/mol. The van der Waals surface area contributed by atoms with Gasteiger partial charge in [-0.3, -0.25) is 4.40 Å². The Bertz CT molecular complexity index is 618. The van der Waals surface area contributed by atoms with Crippen LogP contribution in [0.25, 0.3) is 5.65 Å². The first kappa shape index (κ1) is 14.3. The molecule has 0 fully saturated rings. The summed E-state index contributed by atoms with van der Waals surface area (Å²) in [6.07, 6.45) is 1.57. The van der Waals surface area contributed by atoms with Crippen molar-refractivity contribution >= 4 is 39.3 Å². The number of aromatic nitrogens is 2. The van der Waals surface area contributed by atoms with Crippen LogP contribution in [0.15, 0.2) is 27.8 Å². The predicted octanol–water partition coefficient (Wildman–Crippen LogP) is 3.59. The van der Waals surface area contributed by atoms with Gasteiger partial charge in [0.15, 0.2) is 11.3 Å². The molecule has 2 aromatic heterocycles. The number of nitrogens with zero attached hydrogens (tertiary/aromatic N) is 2. The van der Waals surface area contributed by atoms with Crippen molar-refractivity contribution in [2.24, 2.45) is 0 Å². The summed E-state index contributed by atoms with van der Waals surface area (Å²) in [7, 11) is 0. The number of thioether (sulfide) groups is 1. The number of imidazole rings is 1. The molecule has 4 nitrogen and oxygen atoms in total. The summed E-state index contributed by atoms with van der Waals surface area (Å²) in [5.41, 5.74) is 0.299. The second kappa shape index (κ2) is 5.87. The van der Waals surface area contributed by atoms with Crippen molar-refractivity contribution in [2.45, 2.75) is 17.7 Å². The van der Waals surface area contributed by atoms with Gasteiger partial charge >= 0.3 is 5.97 Å². The monoisotopic (exact) mass is 350 g/mol. The molecule has 8 heteroatoms. The van der Waals surface area contributed by atoms with Gasteiger partial charge in [-0.05, 0) is 46.7 Å². The summed E-state index contributed by atoms with van der Waals surface area (Å²) in [5.74, 6) is -3.35. The van der Waals surface area contributed by atoms with Gasteiger partial charge in [-0.2, -0.15) is 8.78 Å². The smallest absolute Gasteiger partial charge is 0.359 e. The zero-order chi connectivity index (χ0) is 14.0. The number of esters is 1. The minimum absolute atomic E-state index is 0.0738. The van der Waals surface area contributed by atoms with Gasteiger partial charge in [0.25, 0.3) is 5.76 Å². The molecule has 0 radical (unpaired) electrons. The van der Waals surface area contributed by atoms with Crippen LogP contribution in [0.2, 0.25) is 0 Å². The lowest BCUT2D eigenvalue weighted by Gasteiger charge is -2.03. The predicted molar refractivity (Wildman–Crippen MR) is 70.7 cm³/mol. The highest BCUT2D eigenvalue weighted by Gasteiger charge is 2.24. The van der Waals surface area contributed by atoms with Crippen LogP contribution in [-0.2, 0) is 4.74 Å². The maximum atomic E-state index is 12.6. The van der Waals surface area contributed by atoms with E-state index in [1.165, 1.54) is 4.40 Å². The van der Waals surface area contributed by atoms with E-state index in [4.69, 9.17) is 4.74 Å². The fourth-order valence-electron chi connectivity index (χ4n) is 1.54. The van der Waals surface area contributed by atoms with Gasteiger partial charge in [-0.25, -0.2) is 9.78 Å². The highest BCUT2D eigenvalue weighted by molar-refractivity contribution is 9.10. The quantitative estimate of drug-likeness (QED) is 0.624. The number of rotatable bonds is 4. The molecule has 0 saturated carbocycles. The lowest BCUT2D eigenvalue weighted by molar-refractivity contribution is 0.0515. The number of halogens is 3. The zero-order valence-electron chi connectivity index (χ0n) is 9.77. The van der Waals surface area contributed by atoms with Gasteiger partial charge in [0.1, 0.15) is 5.03 Å². The number of hydrogen-bond acceptors (Lipinski definition) is 4. The largest absolute Gasteiger partial charge is 0.461 e. The summed E-state index contributed by atoms with van der Waals surface area (Å²) in [5, 5.41) is 0.0738. The van der Waals surface area contributed by atoms with Gasteiger partial charge in [0, 0.05) is 6.20 Å². The molecule has 0 unspecified atom stereocenters. The third-order valence-corrected chi connectivity index (χ3v) is 3.64. The van der Waals surface area contributed by atoms with E-state index in [0.29, 0.717) is 10.1 Å². The molecule has 0 bridgehead atoms. The van der Waals surface area contributed by atoms with E-state index in [1.54, 1.807) is 25.3 Å². The molecule has 2 heterocycles. The fourth-order valence-corrected chi connectivity index (χ4v) is 2.64. The Morgan fingerprint density at radius 1 is 1.63 bits per heavy atom. The minimum atomic E-state index is -2.65. The van der Waals surface area contributed by atoms with Crippen LogP contribution >= 0.6 is 27.7 Å². The number of pyridine rings is 1. The van der Waals surface area contributed by atoms with Gasteiger partial charge in [-0.15, -0.1) is 0 Å². The molecule has 2 aromatic rings. The first-order valence-corrected chi connectivity index (χ1v) is 7.00. The highest BCUT2D eigenvalue weighted by atomic mass is 79.9. The Morgan fingerprint density at radius 2 is 2.37 bits per heavy atom. The summed E-state index contributed by atoms with van der Waals surface area (Å²) in [6.45, 7) is 1.80. The normalized spacial score (nSPS) is 11.2. The lowest BCUT2D eigenvalue weighted by Crippen LogP contribution is -2.07. The molecule has 0 aliphatic heterocycles. The maximum Gasteiger partial charge on any atom is 0.359 e. The molecule has 0 aliphatic rings. The number of alkyl halides is 2. The average molecular weight is 351 g/mol. The van der Waals surface area contributed by atoms with Crippen molar-refractivity contribution in [3.05, 3.63) is 28.5 Å². The van der Waals surface area contributed by atoms with Gasteiger partial charge in [0.2, 0.25) is 0 Å². The van der Waals surface area contributed by atoms with E-state index in [-0.39, 0.29) is 29.1 Å². The van der Waals surface area contributed by atoms with E-state index in [2.05, 4.69) is 20.9 Å². The number of carbonyl (C=O) groups is 1. The van der Waals surface area contributed by atoms with Crippen molar-refractivity contribution < 1.29 is 18.3 Å². The Morgan fingerprint density at radius 3 is 3.00 bits per heavy atom. The Hall–Kier alpha value is -1.15. The number of carbonyl (C=O) groups excluding carboxylic acids is 1. The Labute approximate surface area is 120 Å². The molecule has 0 aliphatic carbocycles. The fraction of sp³-hybridized carbons (Fsp3) is 0.273. The van der Waals surface area contributed by atoms with Crippen molar-refractivity contribution in [1.82, 2.24) is 9.38 Å². The van der Waals surface area contributed by atoms with Crippen LogP contribution in [0.3, 0.4) is 0 Å². The molecule has 2 rings (SSSR count). The van der Waals surface area contributed by atoms with E-state index >= 15 is 0 Å². The summed E-state index contributed by atoms with van der Waals surface area (Å²) < 4.78 is 32.1. The van der Waals surface area contributed by atoms with Crippen LogP contribution in [0.1, 0.15) is 17.4 Å². The molecule has 0 atom stereocenters. The molecular formula is C11H9BrF2N2O2S. The standard InChI is InChI=1S/C11H9BrF2N2O2S/c1-2-18-10(17)7-9(19-11(13)14)16-5-3-4-6(12)8(16)15-7/h3-5,11H,2H2,1H3. The van der Waals surface area contributed by atoms with Crippen LogP contribution in [0, 0.1) is 0 Å². The highest BCUT2D eigenvalue weighted by Crippen LogP contribution is 2.31. The van der Waals surface area contributed by atoms with Crippen molar-refractivity contribution in [1.29, 1.82) is 0 Å². The van der Waals surface area contributed by atoms with Crippen LogP contribution < -0.4 is 0 Å². The van der Waals surface area contributed by atoms with E-state index in [1.807, 2.05) is 0 Å². The van der Waals surface area contributed by atoms with Crippen LogP contribution in [0.4, 0.5) is 8.78 Å². The number of fused-ring (bicyclic) bond motifs is 1. The molecule has 0 N–H and O–H groups in total. The van der Waals surface area contributed by atoms with Crippen LogP contribution in [-0.4, -0.2) is 27.7 Å². The van der Waals surface area contributed by atoms with Crippen LogP contribution in [0.5, 0.6) is 0 Å². The first-order valence-electron chi connectivity index (χ1n) is 5.33.